The number of nitrogens with two attached hydrogens (primary N) is 1. The van der Waals surface area contributed by atoms with Crippen molar-refractivity contribution in [1.82, 2.24) is 15.1 Å². The Kier molecular flexibility index (Phi) is 4.77. The van der Waals surface area contributed by atoms with Crippen LogP contribution >= 0.6 is 11.3 Å². The van der Waals surface area contributed by atoms with E-state index in [-0.39, 0.29) is 5.91 Å². The average Bonchev–Trinajstić information content (AvgIpc) is 2.84. The van der Waals surface area contributed by atoms with Crippen molar-refractivity contribution in [3.8, 4) is 0 Å². The van der Waals surface area contributed by atoms with Gasteiger partial charge in [-0.1, -0.05) is 13.8 Å². The maximum atomic E-state index is 12.6. The summed E-state index contributed by atoms with van der Waals surface area (Å²) in [5.41, 5.74) is 8.93. The second-order valence-corrected chi connectivity index (χ2v) is 5.83. The molecule has 0 saturated heterocycles. The number of nitrogen functional groups attached to an aromatic ring is 1. The van der Waals surface area contributed by atoms with Crippen LogP contribution in [-0.4, -0.2) is 34.1 Å². The van der Waals surface area contributed by atoms with Crippen LogP contribution in [0.5, 0.6) is 0 Å². The minimum absolute atomic E-state index is 0.0133. The van der Waals surface area contributed by atoms with Gasteiger partial charge in [-0.15, -0.1) is 16.4 Å². The molecule has 0 fully saturated rings. The third-order valence-electron chi connectivity index (χ3n) is 3.77. The number of anilines is 1. The van der Waals surface area contributed by atoms with Crippen molar-refractivity contribution in [3.05, 3.63) is 16.1 Å². The Hall–Kier alpha value is -1.69. The van der Waals surface area contributed by atoms with Crippen LogP contribution in [0.3, 0.4) is 0 Å². The lowest BCUT2D eigenvalue weighted by Crippen LogP contribution is -2.30. The van der Waals surface area contributed by atoms with Crippen molar-refractivity contribution < 1.29 is 4.79 Å². The maximum Gasteiger partial charge on any atom is 0.266 e. The van der Waals surface area contributed by atoms with Crippen molar-refractivity contribution in [3.63, 3.8) is 0 Å². The van der Waals surface area contributed by atoms with E-state index in [9.17, 15) is 4.79 Å². The number of carbonyl (C=O) groups excluding carboxylic acids is 1. The molecule has 0 aliphatic heterocycles. The highest BCUT2D eigenvalue weighted by Gasteiger charge is 2.23. The number of nitrogens with zero attached hydrogens (tertiary/aromatic N) is 3. The Morgan fingerprint density at radius 3 is 2.33 bits per heavy atom. The summed E-state index contributed by atoms with van der Waals surface area (Å²) in [6.07, 6.45) is 1.66. The molecule has 0 aliphatic carbocycles. The standard InChI is InChI=1S/C15H22N4OS/c1-5-9-10(6-2)17-18-14-11(9)12(16)13(21-14)15(20)19(7-3)8-4/h5-8,16H2,1-4H3. The van der Waals surface area contributed by atoms with Crippen molar-refractivity contribution in [1.29, 1.82) is 0 Å². The molecule has 0 radical (unpaired) electrons. The summed E-state index contributed by atoms with van der Waals surface area (Å²) in [7, 11) is 0. The molecule has 0 spiro atoms. The lowest BCUT2D eigenvalue weighted by Gasteiger charge is -2.17. The number of amides is 1. The van der Waals surface area contributed by atoms with Crippen molar-refractivity contribution in [2.45, 2.75) is 40.5 Å². The predicted molar refractivity (Wildman–Crippen MR) is 87.8 cm³/mol. The van der Waals surface area contributed by atoms with Crippen LogP contribution in [0.2, 0.25) is 0 Å². The molecule has 0 unspecified atom stereocenters. The third-order valence-corrected chi connectivity index (χ3v) is 4.85. The number of aryl methyl sites for hydroxylation is 2. The van der Waals surface area contributed by atoms with E-state index in [1.807, 2.05) is 13.8 Å². The quantitative estimate of drug-likeness (QED) is 0.922. The van der Waals surface area contributed by atoms with Crippen LogP contribution in [0.25, 0.3) is 10.2 Å². The van der Waals surface area contributed by atoms with Crippen LogP contribution in [-0.2, 0) is 12.8 Å². The fourth-order valence-electron chi connectivity index (χ4n) is 2.58. The molecular formula is C15H22N4OS. The van der Waals surface area contributed by atoms with Crippen LogP contribution in [0.1, 0.15) is 48.6 Å². The van der Waals surface area contributed by atoms with Gasteiger partial charge in [0, 0.05) is 18.5 Å². The molecule has 2 heterocycles. The first kappa shape index (κ1) is 15.7. The second-order valence-electron chi connectivity index (χ2n) is 4.83. The number of rotatable bonds is 5. The third kappa shape index (κ3) is 2.60. The zero-order chi connectivity index (χ0) is 15.6. The van der Waals surface area contributed by atoms with Gasteiger partial charge in [-0.05, 0) is 32.3 Å². The van der Waals surface area contributed by atoms with E-state index in [2.05, 4.69) is 24.0 Å². The Morgan fingerprint density at radius 1 is 1.14 bits per heavy atom. The molecule has 0 aromatic carbocycles. The Morgan fingerprint density at radius 2 is 1.81 bits per heavy atom. The van der Waals surface area contributed by atoms with E-state index in [0.29, 0.717) is 23.7 Å². The number of hydrogen-bond acceptors (Lipinski definition) is 5. The molecule has 0 atom stereocenters. The first-order chi connectivity index (χ1) is 10.1. The fraction of sp³-hybridized carbons (Fsp3) is 0.533. The number of fused-ring (bicyclic) bond motifs is 1. The topological polar surface area (TPSA) is 72.1 Å². The van der Waals surface area contributed by atoms with E-state index in [4.69, 9.17) is 5.73 Å². The highest BCUT2D eigenvalue weighted by molar-refractivity contribution is 7.21. The van der Waals surface area contributed by atoms with Gasteiger partial charge in [0.2, 0.25) is 0 Å². The van der Waals surface area contributed by atoms with Gasteiger partial charge in [-0.3, -0.25) is 4.79 Å². The van der Waals surface area contributed by atoms with Crippen LogP contribution < -0.4 is 5.73 Å². The Labute approximate surface area is 129 Å². The van der Waals surface area contributed by atoms with Crippen molar-refractivity contribution in [2.75, 3.05) is 18.8 Å². The van der Waals surface area contributed by atoms with Crippen molar-refractivity contribution in [2.24, 2.45) is 0 Å². The molecule has 114 valence electrons. The molecule has 2 N–H and O–H groups in total. The molecule has 0 bridgehead atoms. The fourth-order valence-corrected chi connectivity index (χ4v) is 3.62. The summed E-state index contributed by atoms with van der Waals surface area (Å²) in [4.78, 5) is 15.7. The van der Waals surface area contributed by atoms with E-state index >= 15 is 0 Å². The van der Waals surface area contributed by atoms with Crippen LogP contribution in [0.15, 0.2) is 0 Å². The first-order valence-corrected chi connectivity index (χ1v) is 8.26. The van der Waals surface area contributed by atoms with Gasteiger partial charge >= 0.3 is 0 Å². The Bertz CT molecular complexity index is 661. The monoisotopic (exact) mass is 306 g/mol. The molecular weight excluding hydrogens is 284 g/mol. The highest BCUT2D eigenvalue weighted by atomic mass is 32.1. The highest BCUT2D eigenvalue weighted by Crippen LogP contribution is 2.36. The molecule has 2 rings (SSSR count). The Balaban J connectivity index is 2.64. The number of thiophene rings is 1. The maximum absolute atomic E-state index is 12.6. The molecule has 2 aromatic rings. The van der Waals surface area contributed by atoms with E-state index in [1.54, 1.807) is 4.90 Å². The van der Waals surface area contributed by atoms with E-state index < -0.39 is 0 Å². The molecule has 21 heavy (non-hydrogen) atoms. The zero-order valence-electron chi connectivity index (χ0n) is 13.1. The number of carbonyl (C=O) groups is 1. The summed E-state index contributed by atoms with van der Waals surface area (Å²) in [5, 5.41) is 9.45. The first-order valence-electron chi connectivity index (χ1n) is 7.44. The largest absolute Gasteiger partial charge is 0.397 e. The van der Waals surface area contributed by atoms with Crippen LogP contribution in [0.4, 0.5) is 5.69 Å². The number of hydrogen-bond donors (Lipinski definition) is 1. The molecule has 6 heteroatoms. The van der Waals surface area contributed by atoms with E-state index in [0.717, 1.165) is 34.3 Å². The zero-order valence-corrected chi connectivity index (χ0v) is 13.9. The molecule has 0 saturated carbocycles. The summed E-state index contributed by atoms with van der Waals surface area (Å²) < 4.78 is 0. The van der Waals surface area contributed by atoms with Gasteiger partial charge in [-0.25, -0.2) is 0 Å². The molecule has 5 nitrogen and oxygen atoms in total. The molecule has 2 aromatic heterocycles. The minimum Gasteiger partial charge on any atom is -0.397 e. The van der Waals surface area contributed by atoms with Gasteiger partial charge in [0.05, 0.1) is 11.4 Å². The van der Waals surface area contributed by atoms with Gasteiger partial charge in [0.1, 0.15) is 9.71 Å². The van der Waals surface area contributed by atoms with Gasteiger partial charge < -0.3 is 10.6 Å². The van der Waals surface area contributed by atoms with Crippen LogP contribution in [0, 0.1) is 0 Å². The molecule has 1 amide bonds. The van der Waals surface area contributed by atoms with Gasteiger partial charge in [0.15, 0.2) is 0 Å². The summed E-state index contributed by atoms with van der Waals surface area (Å²) in [6.45, 7) is 9.43. The number of aromatic nitrogens is 2. The lowest BCUT2D eigenvalue weighted by molar-refractivity contribution is 0.0779. The summed E-state index contributed by atoms with van der Waals surface area (Å²) in [6, 6.07) is 0. The minimum atomic E-state index is -0.0133. The average molecular weight is 306 g/mol. The molecule has 0 aliphatic rings. The van der Waals surface area contributed by atoms with Gasteiger partial charge in [0.25, 0.3) is 5.91 Å². The smallest absolute Gasteiger partial charge is 0.266 e. The van der Waals surface area contributed by atoms with Gasteiger partial charge in [-0.2, -0.15) is 5.10 Å². The summed E-state index contributed by atoms with van der Waals surface area (Å²) >= 11 is 1.35. The lowest BCUT2D eigenvalue weighted by atomic mass is 10.0. The summed E-state index contributed by atoms with van der Waals surface area (Å²) in [5.74, 6) is -0.0133. The second kappa shape index (κ2) is 6.39. The SMILES string of the molecule is CCc1nnc2sc(C(=O)N(CC)CC)c(N)c2c1CC. The van der Waals surface area contributed by atoms with E-state index in [1.165, 1.54) is 11.3 Å². The predicted octanol–water partition coefficient (Wildman–Crippen LogP) is 2.88. The normalized spacial score (nSPS) is 11.0. The van der Waals surface area contributed by atoms with Crippen molar-refractivity contribution >= 4 is 33.1 Å².